The van der Waals surface area contributed by atoms with E-state index in [1.165, 1.54) is 4.68 Å². The van der Waals surface area contributed by atoms with Crippen LogP contribution < -0.4 is 19.9 Å². The Morgan fingerprint density at radius 2 is 1.78 bits per heavy atom. The van der Waals surface area contributed by atoms with Gasteiger partial charge >= 0.3 is 5.97 Å². The van der Waals surface area contributed by atoms with Crippen LogP contribution in [-0.4, -0.2) is 47.7 Å². The van der Waals surface area contributed by atoms with E-state index < -0.39 is 5.97 Å². The summed E-state index contributed by atoms with van der Waals surface area (Å²) in [6.07, 6.45) is 1.59. The SMILES string of the molecule is CCOc1cc(C)c(-c2nc3ccccc3c(=O)n2N=Cc2ccc(N(C)C)cc2OCc2cccc(C(=O)O)c2)cc1C(C)C. The number of ether oxygens (including phenoxy) is 2. The molecule has 0 aliphatic heterocycles. The number of fused-ring (bicyclic) bond motifs is 1. The Bertz CT molecular complexity index is 1990. The van der Waals surface area contributed by atoms with Crippen LogP contribution in [0.2, 0.25) is 0 Å². The fourth-order valence-electron chi connectivity index (χ4n) is 5.18. The van der Waals surface area contributed by atoms with Gasteiger partial charge in [-0.3, -0.25) is 4.79 Å². The summed E-state index contributed by atoms with van der Waals surface area (Å²) in [5, 5.41) is 14.6. The van der Waals surface area contributed by atoms with Crippen LogP contribution in [0, 0.1) is 6.92 Å². The molecule has 0 bridgehead atoms. The van der Waals surface area contributed by atoms with Crippen LogP contribution in [0.5, 0.6) is 11.5 Å². The highest BCUT2D eigenvalue weighted by Crippen LogP contribution is 2.34. The monoisotopic (exact) mass is 618 g/mol. The molecule has 1 N–H and O–H groups in total. The van der Waals surface area contributed by atoms with Crippen LogP contribution >= 0.6 is 0 Å². The van der Waals surface area contributed by atoms with Gasteiger partial charge in [0.15, 0.2) is 5.82 Å². The predicted molar refractivity (Wildman–Crippen MR) is 183 cm³/mol. The van der Waals surface area contributed by atoms with E-state index in [0.29, 0.717) is 40.2 Å². The van der Waals surface area contributed by atoms with Crippen molar-refractivity contribution < 1.29 is 19.4 Å². The molecule has 9 nitrogen and oxygen atoms in total. The minimum atomic E-state index is -1.00. The fourth-order valence-corrected chi connectivity index (χ4v) is 5.18. The lowest BCUT2D eigenvalue weighted by Crippen LogP contribution is -2.21. The van der Waals surface area contributed by atoms with Gasteiger partial charge in [-0.2, -0.15) is 9.78 Å². The molecule has 1 aromatic heterocycles. The molecule has 0 saturated carbocycles. The van der Waals surface area contributed by atoms with Gasteiger partial charge in [0.2, 0.25) is 0 Å². The quantitative estimate of drug-likeness (QED) is 0.157. The summed E-state index contributed by atoms with van der Waals surface area (Å²) in [6.45, 7) is 8.83. The van der Waals surface area contributed by atoms with Crippen molar-refractivity contribution in [2.75, 3.05) is 25.6 Å². The van der Waals surface area contributed by atoms with Gasteiger partial charge in [-0.15, -0.1) is 0 Å². The average molecular weight is 619 g/mol. The number of aryl methyl sites for hydroxylation is 1. The van der Waals surface area contributed by atoms with E-state index in [1.807, 2.05) is 87.4 Å². The molecule has 1 heterocycles. The third kappa shape index (κ3) is 6.78. The number of rotatable bonds is 11. The number of nitrogens with zero attached hydrogens (tertiary/aromatic N) is 4. The first-order valence-electron chi connectivity index (χ1n) is 15.2. The Hall–Kier alpha value is -5.44. The van der Waals surface area contributed by atoms with E-state index in [9.17, 15) is 14.7 Å². The molecule has 46 heavy (non-hydrogen) atoms. The Morgan fingerprint density at radius 3 is 2.50 bits per heavy atom. The molecule has 5 rings (SSSR count). The zero-order valence-electron chi connectivity index (χ0n) is 26.9. The maximum absolute atomic E-state index is 14.0. The maximum Gasteiger partial charge on any atom is 0.335 e. The summed E-state index contributed by atoms with van der Waals surface area (Å²) in [5.74, 6) is 0.932. The van der Waals surface area contributed by atoms with Crippen LogP contribution in [0.4, 0.5) is 5.69 Å². The lowest BCUT2D eigenvalue weighted by Gasteiger charge is -2.18. The topological polar surface area (TPSA) is 106 Å². The molecule has 0 unspecified atom stereocenters. The molecule has 0 aliphatic carbocycles. The number of aromatic nitrogens is 2. The molecule has 9 heteroatoms. The second-order valence-corrected chi connectivity index (χ2v) is 11.5. The first-order valence-corrected chi connectivity index (χ1v) is 15.2. The summed E-state index contributed by atoms with van der Waals surface area (Å²) < 4.78 is 13.5. The van der Waals surface area contributed by atoms with Crippen molar-refractivity contribution >= 4 is 28.8 Å². The molecule has 5 aromatic rings. The summed E-state index contributed by atoms with van der Waals surface area (Å²) in [7, 11) is 3.86. The van der Waals surface area contributed by atoms with Gasteiger partial charge in [-0.05, 0) is 85.0 Å². The average Bonchev–Trinajstić information content (AvgIpc) is 3.03. The zero-order valence-corrected chi connectivity index (χ0v) is 26.9. The van der Waals surface area contributed by atoms with Crippen LogP contribution in [0.15, 0.2) is 88.8 Å². The Kier molecular flexibility index (Phi) is 9.51. The van der Waals surface area contributed by atoms with Crippen molar-refractivity contribution in [3.63, 3.8) is 0 Å². The van der Waals surface area contributed by atoms with E-state index in [1.54, 1.807) is 30.5 Å². The predicted octanol–water partition coefficient (Wildman–Crippen LogP) is 7.12. The molecule has 0 amide bonds. The van der Waals surface area contributed by atoms with E-state index in [2.05, 4.69) is 13.8 Å². The number of carboxylic acids is 1. The summed E-state index contributed by atoms with van der Waals surface area (Å²) in [4.78, 5) is 32.3. The Morgan fingerprint density at radius 1 is 1.00 bits per heavy atom. The highest BCUT2D eigenvalue weighted by Gasteiger charge is 2.19. The molecule has 0 radical (unpaired) electrons. The van der Waals surface area contributed by atoms with Crippen molar-refractivity contribution in [3.05, 3.63) is 117 Å². The molecule has 4 aromatic carbocycles. The van der Waals surface area contributed by atoms with Crippen molar-refractivity contribution in [2.45, 2.75) is 40.2 Å². The van der Waals surface area contributed by atoms with Gasteiger partial charge in [0.1, 0.15) is 18.1 Å². The second kappa shape index (κ2) is 13.7. The van der Waals surface area contributed by atoms with Crippen molar-refractivity contribution in [1.82, 2.24) is 9.66 Å². The van der Waals surface area contributed by atoms with Crippen LogP contribution in [0.3, 0.4) is 0 Å². The van der Waals surface area contributed by atoms with E-state index in [-0.39, 0.29) is 23.6 Å². The number of aromatic carboxylic acids is 1. The molecule has 236 valence electrons. The van der Waals surface area contributed by atoms with E-state index in [0.717, 1.165) is 28.1 Å². The second-order valence-electron chi connectivity index (χ2n) is 11.5. The third-order valence-electron chi connectivity index (χ3n) is 7.67. The zero-order chi connectivity index (χ0) is 33.0. The number of benzene rings is 4. The number of carbonyl (C=O) groups is 1. The van der Waals surface area contributed by atoms with Crippen molar-refractivity contribution in [1.29, 1.82) is 0 Å². The normalized spacial score (nSPS) is 11.4. The largest absolute Gasteiger partial charge is 0.494 e. The lowest BCUT2D eigenvalue weighted by atomic mass is 9.96. The van der Waals surface area contributed by atoms with Gasteiger partial charge in [0.25, 0.3) is 5.56 Å². The summed E-state index contributed by atoms with van der Waals surface area (Å²) in [6, 6.07) is 23.6. The fraction of sp³-hybridized carbons (Fsp3) is 0.243. The number of anilines is 1. The molecule has 0 saturated heterocycles. The van der Waals surface area contributed by atoms with E-state index in [4.69, 9.17) is 19.6 Å². The van der Waals surface area contributed by atoms with Crippen LogP contribution in [-0.2, 0) is 6.61 Å². The standard InChI is InChI=1S/C37H38N4O5/c1-7-45-34-17-24(4)31(20-30(34)23(2)3)35-39-32-14-9-8-13-29(32)36(42)41(35)38-21-27-15-16-28(40(5)6)19-33(27)46-22-25-11-10-12-26(18-25)37(43)44/h8-21,23H,7,22H2,1-6H3,(H,43,44). The minimum absolute atomic E-state index is 0.144. The molecule has 0 atom stereocenters. The smallest absolute Gasteiger partial charge is 0.335 e. The van der Waals surface area contributed by atoms with Gasteiger partial charge in [-0.1, -0.05) is 38.1 Å². The Labute approximate surface area is 268 Å². The van der Waals surface area contributed by atoms with Gasteiger partial charge in [0.05, 0.1) is 29.3 Å². The molecule has 0 aliphatic rings. The highest BCUT2D eigenvalue weighted by molar-refractivity contribution is 5.88. The summed E-state index contributed by atoms with van der Waals surface area (Å²) >= 11 is 0. The molecule has 0 spiro atoms. The first-order chi connectivity index (χ1) is 22.1. The van der Waals surface area contributed by atoms with Gasteiger partial charge < -0.3 is 19.5 Å². The summed E-state index contributed by atoms with van der Waals surface area (Å²) in [5.41, 5.74) is 5.42. The van der Waals surface area contributed by atoms with Gasteiger partial charge in [-0.25, -0.2) is 9.78 Å². The van der Waals surface area contributed by atoms with E-state index >= 15 is 0 Å². The first kappa shape index (κ1) is 32.0. The number of para-hydroxylation sites is 1. The van der Waals surface area contributed by atoms with Crippen LogP contribution in [0.1, 0.15) is 59.3 Å². The third-order valence-corrected chi connectivity index (χ3v) is 7.67. The Balaban J connectivity index is 1.63. The number of carboxylic acid groups (broad SMARTS) is 1. The number of hydrogen-bond acceptors (Lipinski definition) is 7. The minimum Gasteiger partial charge on any atom is -0.494 e. The number of hydrogen-bond donors (Lipinski definition) is 1. The maximum atomic E-state index is 14.0. The highest BCUT2D eigenvalue weighted by atomic mass is 16.5. The van der Waals surface area contributed by atoms with Crippen molar-refractivity contribution in [3.8, 4) is 22.9 Å². The lowest BCUT2D eigenvalue weighted by molar-refractivity contribution is 0.0696. The molecular weight excluding hydrogens is 580 g/mol. The van der Waals surface area contributed by atoms with Gasteiger partial charge in [0, 0.05) is 37.0 Å². The molecular formula is C37H38N4O5. The van der Waals surface area contributed by atoms with Crippen LogP contribution in [0.25, 0.3) is 22.3 Å². The molecule has 0 fully saturated rings. The van der Waals surface area contributed by atoms with Crippen molar-refractivity contribution in [2.24, 2.45) is 5.10 Å².